The van der Waals surface area contributed by atoms with Crippen LogP contribution in [0.5, 0.6) is 0 Å². The number of nitrogens with zero attached hydrogens (tertiary/aromatic N) is 3. The standard InChI is InChI=1S/C15H13N3O3S/c1-11-2-4-14(5-3-11)22(20,21)18-7-6-13-8-12(10-17-19)9-16-15(13)18/h2-10,19H,1H3. The van der Waals surface area contributed by atoms with Gasteiger partial charge in [-0.1, -0.05) is 22.9 Å². The van der Waals surface area contributed by atoms with E-state index < -0.39 is 10.0 Å². The molecule has 22 heavy (non-hydrogen) atoms. The predicted molar refractivity (Wildman–Crippen MR) is 82.9 cm³/mol. The summed E-state index contributed by atoms with van der Waals surface area (Å²) in [6.07, 6.45) is 4.15. The fourth-order valence-corrected chi connectivity index (χ4v) is 3.48. The molecule has 0 bridgehead atoms. The Hall–Kier alpha value is -2.67. The van der Waals surface area contributed by atoms with Gasteiger partial charge in [0.25, 0.3) is 10.0 Å². The summed E-state index contributed by atoms with van der Waals surface area (Å²) < 4.78 is 26.5. The second-order valence-corrected chi connectivity index (χ2v) is 6.67. The molecule has 0 saturated heterocycles. The maximum atomic E-state index is 12.7. The largest absolute Gasteiger partial charge is 0.411 e. The molecule has 0 unspecified atom stereocenters. The van der Waals surface area contributed by atoms with Crippen molar-refractivity contribution in [1.29, 1.82) is 0 Å². The molecule has 0 spiro atoms. The van der Waals surface area contributed by atoms with Gasteiger partial charge >= 0.3 is 0 Å². The van der Waals surface area contributed by atoms with Crippen LogP contribution in [0.15, 0.2) is 58.8 Å². The van der Waals surface area contributed by atoms with Crippen LogP contribution in [0.3, 0.4) is 0 Å². The zero-order valence-corrected chi connectivity index (χ0v) is 12.5. The third-order valence-corrected chi connectivity index (χ3v) is 4.98. The SMILES string of the molecule is Cc1ccc(S(=O)(=O)n2ccc3cc(C=NO)cnc32)cc1. The second-order valence-electron chi connectivity index (χ2n) is 4.86. The van der Waals surface area contributed by atoms with Gasteiger partial charge in [-0.25, -0.2) is 17.4 Å². The van der Waals surface area contributed by atoms with E-state index in [2.05, 4.69) is 10.1 Å². The average molecular weight is 315 g/mol. The molecule has 0 radical (unpaired) electrons. The molecular formula is C15H13N3O3S. The van der Waals surface area contributed by atoms with Gasteiger partial charge in [-0.15, -0.1) is 0 Å². The summed E-state index contributed by atoms with van der Waals surface area (Å²) >= 11 is 0. The number of aromatic nitrogens is 2. The van der Waals surface area contributed by atoms with Crippen LogP contribution in [0.1, 0.15) is 11.1 Å². The van der Waals surface area contributed by atoms with Crippen molar-refractivity contribution in [3.05, 3.63) is 59.9 Å². The molecular weight excluding hydrogens is 302 g/mol. The monoisotopic (exact) mass is 315 g/mol. The zero-order chi connectivity index (χ0) is 15.7. The minimum absolute atomic E-state index is 0.207. The van der Waals surface area contributed by atoms with E-state index in [9.17, 15) is 8.42 Å². The highest BCUT2D eigenvalue weighted by atomic mass is 32.2. The fraction of sp³-hybridized carbons (Fsp3) is 0.0667. The molecule has 0 atom stereocenters. The number of hydrogen-bond acceptors (Lipinski definition) is 5. The number of oxime groups is 1. The van der Waals surface area contributed by atoms with Crippen LogP contribution in [-0.4, -0.2) is 28.8 Å². The quantitative estimate of drug-likeness (QED) is 0.457. The first-order chi connectivity index (χ1) is 10.5. The summed E-state index contributed by atoms with van der Waals surface area (Å²) in [4.78, 5) is 4.36. The summed E-state index contributed by atoms with van der Waals surface area (Å²) in [6.45, 7) is 1.90. The van der Waals surface area contributed by atoms with E-state index in [0.717, 1.165) is 9.54 Å². The molecule has 3 aromatic rings. The first kappa shape index (κ1) is 14.3. The van der Waals surface area contributed by atoms with Gasteiger partial charge in [0.05, 0.1) is 11.1 Å². The third-order valence-electron chi connectivity index (χ3n) is 3.30. The van der Waals surface area contributed by atoms with E-state index in [-0.39, 0.29) is 4.90 Å². The summed E-state index contributed by atoms with van der Waals surface area (Å²) in [7, 11) is -3.69. The van der Waals surface area contributed by atoms with Crippen molar-refractivity contribution in [2.75, 3.05) is 0 Å². The highest BCUT2D eigenvalue weighted by Crippen LogP contribution is 2.21. The number of fused-ring (bicyclic) bond motifs is 1. The Kier molecular flexibility index (Phi) is 3.42. The Balaban J connectivity index is 2.15. The number of rotatable bonds is 3. The smallest absolute Gasteiger partial charge is 0.269 e. The minimum Gasteiger partial charge on any atom is -0.411 e. The molecule has 2 aromatic heterocycles. The van der Waals surface area contributed by atoms with Crippen molar-refractivity contribution < 1.29 is 13.6 Å². The Morgan fingerprint density at radius 3 is 2.64 bits per heavy atom. The van der Waals surface area contributed by atoms with Gasteiger partial charge in [0.1, 0.15) is 0 Å². The lowest BCUT2D eigenvalue weighted by Crippen LogP contribution is -2.12. The van der Waals surface area contributed by atoms with E-state index in [1.807, 2.05) is 6.92 Å². The van der Waals surface area contributed by atoms with Gasteiger partial charge in [-0.05, 0) is 31.2 Å². The molecule has 6 nitrogen and oxygen atoms in total. The van der Waals surface area contributed by atoms with Crippen molar-refractivity contribution in [3.8, 4) is 0 Å². The lowest BCUT2D eigenvalue weighted by atomic mass is 10.2. The number of pyridine rings is 1. The molecule has 0 fully saturated rings. The summed E-state index contributed by atoms with van der Waals surface area (Å²) in [6, 6.07) is 10.0. The van der Waals surface area contributed by atoms with Crippen molar-refractivity contribution in [2.24, 2.45) is 5.16 Å². The van der Waals surface area contributed by atoms with Crippen LogP contribution in [0, 0.1) is 6.92 Å². The van der Waals surface area contributed by atoms with E-state index in [4.69, 9.17) is 5.21 Å². The van der Waals surface area contributed by atoms with Crippen LogP contribution >= 0.6 is 0 Å². The first-order valence-electron chi connectivity index (χ1n) is 6.49. The minimum atomic E-state index is -3.69. The van der Waals surface area contributed by atoms with E-state index in [1.165, 1.54) is 18.6 Å². The van der Waals surface area contributed by atoms with Crippen molar-refractivity contribution in [3.63, 3.8) is 0 Å². The highest BCUT2D eigenvalue weighted by molar-refractivity contribution is 7.90. The van der Waals surface area contributed by atoms with Crippen LogP contribution in [-0.2, 0) is 10.0 Å². The van der Waals surface area contributed by atoms with Crippen molar-refractivity contribution >= 4 is 27.3 Å². The Morgan fingerprint density at radius 2 is 1.95 bits per heavy atom. The predicted octanol–water partition coefficient (Wildman–Crippen LogP) is 2.39. The normalized spacial score (nSPS) is 12.2. The van der Waals surface area contributed by atoms with E-state index in [1.54, 1.807) is 36.4 Å². The number of hydrogen-bond donors (Lipinski definition) is 1. The van der Waals surface area contributed by atoms with Gasteiger partial charge in [-0.2, -0.15) is 0 Å². The molecule has 3 rings (SSSR count). The van der Waals surface area contributed by atoms with Gasteiger partial charge in [-0.3, -0.25) is 0 Å². The van der Waals surface area contributed by atoms with E-state index in [0.29, 0.717) is 16.6 Å². The molecule has 2 heterocycles. The number of aryl methyl sites for hydroxylation is 1. The molecule has 112 valence electrons. The van der Waals surface area contributed by atoms with Crippen LogP contribution in [0.2, 0.25) is 0 Å². The van der Waals surface area contributed by atoms with Crippen LogP contribution in [0.4, 0.5) is 0 Å². The maximum absolute atomic E-state index is 12.7. The topological polar surface area (TPSA) is 84.5 Å². The fourth-order valence-electron chi connectivity index (χ4n) is 2.17. The van der Waals surface area contributed by atoms with Crippen molar-refractivity contribution in [1.82, 2.24) is 8.96 Å². The second kappa shape index (κ2) is 5.27. The molecule has 0 aliphatic rings. The summed E-state index contributed by atoms with van der Waals surface area (Å²) in [5, 5.41) is 12.1. The van der Waals surface area contributed by atoms with Gasteiger partial charge < -0.3 is 5.21 Å². The van der Waals surface area contributed by atoms with Crippen LogP contribution in [0.25, 0.3) is 11.0 Å². The van der Waals surface area contributed by atoms with Crippen LogP contribution < -0.4 is 0 Å². The van der Waals surface area contributed by atoms with Crippen molar-refractivity contribution in [2.45, 2.75) is 11.8 Å². The van der Waals surface area contributed by atoms with Gasteiger partial charge in [0.15, 0.2) is 5.65 Å². The molecule has 0 aliphatic carbocycles. The molecule has 1 N–H and O–H groups in total. The Morgan fingerprint density at radius 1 is 1.23 bits per heavy atom. The van der Waals surface area contributed by atoms with Gasteiger partial charge in [0, 0.05) is 23.3 Å². The average Bonchev–Trinajstić information content (AvgIpc) is 2.92. The molecule has 0 aliphatic heterocycles. The molecule has 1 aromatic carbocycles. The third kappa shape index (κ3) is 2.35. The highest BCUT2D eigenvalue weighted by Gasteiger charge is 2.19. The van der Waals surface area contributed by atoms with Gasteiger partial charge in [0.2, 0.25) is 0 Å². The molecule has 0 saturated carbocycles. The molecule has 0 amide bonds. The summed E-state index contributed by atoms with van der Waals surface area (Å²) in [5.41, 5.74) is 1.90. The molecule has 7 heteroatoms. The maximum Gasteiger partial charge on any atom is 0.269 e. The number of benzene rings is 1. The summed E-state index contributed by atoms with van der Waals surface area (Å²) in [5.74, 6) is 0. The lowest BCUT2D eigenvalue weighted by Gasteiger charge is -2.07. The Labute approximate surface area is 127 Å². The zero-order valence-electron chi connectivity index (χ0n) is 11.7. The lowest BCUT2D eigenvalue weighted by molar-refractivity contribution is 0.322. The Bertz CT molecular complexity index is 957. The van der Waals surface area contributed by atoms with E-state index >= 15 is 0 Å². The first-order valence-corrected chi connectivity index (χ1v) is 7.93.